The Labute approximate surface area is 154 Å². The molecule has 10 nitrogen and oxygen atoms in total. The molecule has 0 spiro atoms. The second-order valence-electron chi connectivity index (χ2n) is 5.09. The molecule has 1 aliphatic heterocycles. The highest BCUT2D eigenvalue weighted by atomic mass is 79.9. The smallest absolute Gasteiger partial charge is 0.303 e. The van der Waals surface area contributed by atoms with Crippen LogP contribution in [-0.4, -0.2) is 66.3 Å². The van der Waals surface area contributed by atoms with E-state index >= 15 is 0 Å². The van der Waals surface area contributed by atoms with Gasteiger partial charge in [-0.15, -0.1) is 17.0 Å². The van der Waals surface area contributed by atoms with Crippen LogP contribution in [-0.2, 0) is 42.9 Å². The summed E-state index contributed by atoms with van der Waals surface area (Å²) in [5.74, 6) is -2.87. The molecular formula is C14H21BrO10. The van der Waals surface area contributed by atoms with Gasteiger partial charge in [-0.2, -0.15) is 0 Å². The van der Waals surface area contributed by atoms with Crippen molar-refractivity contribution >= 4 is 40.9 Å². The Kier molecular flexibility index (Phi) is 9.60. The van der Waals surface area contributed by atoms with Crippen molar-refractivity contribution in [2.24, 2.45) is 0 Å². The van der Waals surface area contributed by atoms with Gasteiger partial charge in [0.2, 0.25) is 0 Å². The van der Waals surface area contributed by atoms with E-state index in [1.165, 1.54) is 0 Å². The highest BCUT2D eigenvalue weighted by molar-refractivity contribution is 8.93. The lowest BCUT2D eigenvalue weighted by Crippen LogP contribution is -2.62. The van der Waals surface area contributed by atoms with Gasteiger partial charge in [0.15, 0.2) is 24.6 Å². The van der Waals surface area contributed by atoms with E-state index < -0.39 is 54.6 Å². The topological polar surface area (TPSA) is 135 Å². The van der Waals surface area contributed by atoms with E-state index in [2.05, 4.69) is 0 Å². The molecule has 0 amide bonds. The van der Waals surface area contributed by atoms with Gasteiger partial charge >= 0.3 is 23.9 Å². The van der Waals surface area contributed by atoms with Crippen molar-refractivity contribution in [2.75, 3.05) is 6.61 Å². The Morgan fingerprint density at radius 3 is 1.68 bits per heavy atom. The van der Waals surface area contributed by atoms with Crippen LogP contribution in [0.4, 0.5) is 0 Å². The third-order valence-electron chi connectivity index (χ3n) is 2.97. The van der Waals surface area contributed by atoms with Crippen molar-refractivity contribution in [1.29, 1.82) is 0 Å². The SMILES string of the molecule is Br.CC(=O)OC[C@H]1O[C@H](O)[C@H](OC(C)=O)[C@@H](OC(C)=O)[C@@H]1OC(C)=O. The molecule has 1 aliphatic rings. The van der Waals surface area contributed by atoms with Crippen molar-refractivity contribution in [3.63, 3.8) is 0 Å². The summed E-state index contributed by atoms with van der Waals surface area (Å²) in [7, 11) is 0. The van der Waals surface area contributed by atoms with E-state index in [0.717, 1.165) is 27.7 Å². The first kappa shape index (κ1) is 23.3. The summed E-state index contributed by atoms with van der Waals surface area (Å²) in [5, 5.41) is 10.0. The molecule has 1 N–H and O–H groups in total. The van der Waals surface area contributed by atoms with Gasteiger partial charge in [-0.05, 0) is 0 Å². The molecule has 0 saturated carbocycles. The molecule has 0 bridgehead atoms. The van der Waals surface area contributed by atoms with Gasteiger partial charge in [-0.1, -0.05) is 0 Å². The summed E-state index contributed by atoms with van der Waals surface area (Å²) < 4.78 is 25.0. The van der Waals surface area contributed by atoms with Gasteiger partial charge in [0.05, 0.1) is 0 Å². The Balaban J connectivity index is 0.00000576. The highest BCUT2D eigenvalue weighted by Gasteiger charge is 2.51. The molecule has 0 aliphatic carbocycles. The van der Waals surface area contributed by atoms with E-state index in [9.17, 15) is 24.3 Å². The van der Waals surface area contributed by atoms with E-state index in [1.54, 1.807) is 0 Å². The molecule has 11 heteroatoms. The summed E-state index contributed by atoms with van der Waals surface area (Å²) in [6.07, 6.45) is -6.79. The average Bonchev–Trinajstić information content (AvgIpc) is 2.42. The minimum atomic E-state index is -1.68. The molecule has 25 heavy (non-hydrogen) atoms. The van der Waals surface area contributed by atoms with Crippen molar-refractivity contribution in [1.82, 2.24) is 0 Å². The zero-order valence-electron chi connectivity index (χ0n) is 14.1. The number of hydrogen-bond donors (Lipinski definition) is 1. The lowest BCUT2D eigenvalue weighted by molar-refractivity contribution is -0.296. The number of carbonyl (C=O) groups excluding carboxylic acids is 4. The quantitative estimate of drug-likeness (QED) is 0.456. The number of aliphatic hydroxyl groups excluding tert-OH is 1. The van der Waals surface area contributed by atoms with Crippen LogP contribution in [0.3, 0.4) is 0 Å². The average molecular weight is 429 g/mol. The van der Waals surface area contributed by atoms with Gasteiger partial charge in [0.25, 0.3) is 0 Å². The van der Waals surface area contributed by atoms with E-state index in [0.29, 0.717) is 0 Å². The largest absolute Gasteiger partial charge is 0.463 e. The van der Waals surface area contributed by atoms with Crippen LogP contribution in [0.25, 0.3) is 0 Å². The van der Waals surface area contributed by atoms with E-state index in [4.69, 9.17) is 23.7 Å². The molecule has 144 valence electrons. The Morgan fingerprint density at radius 1 is 0.800 bits per heavy atom. The van der Waals surface area contributed by atoms with E-state index in [-0.39, 0.29) is 23.6 Å². The Morgan fingerprint density at radius 2 is 1.24 bits per heavy atom. The summed E-state index contributed by atoms with van der Waals surface area (Å²) in [6, 6.07) is 0. The number of esters is 4. The van der Waals surface area contributed by atoms with E-state index in [1.807, 2.05) is 0 Å². The van der Waals surface area contributed by atoms with Crippen molar-refractivity contribution in [3.05, 3.63) is 0 Å². The van der Waals surface area contributed by atoms with Crippen LogP contribution >= 0.6 is 17.0 Å². The lowest BCUT2D eigenvalue weighted by atomic mass is 9.98. The molecule has 1 heterocycles. The van der Waals surface area contributed by atoms with Gasteiger partial charge < -0.3 is 28.8 Å². The number of aliphatic hydroxyl groups is 1. The molecule has 1 rings (SSSR count). The highest BCUT2D eigenvalue weighted by Crippen LogP contribution is 2.28. The molecule has 0 unspecified atom stereocenters. The molecule has 1 saturated heterocycles. The zero-order valence-corrected chi connectivity index (χ0v) is 15.8. The van der Waals surface area contributed by atoms with Gasteiger partial charge in [-0.3, -0.25) is 19.2 Å². The van der Waals surface area contributed by atoms with Crippen LogP contribution in [0.1, 0.15) is 27.7 Å². The maximum absolute atomic E-state index is 11.3. The second kappa shape index (κ2) is 10.3. The number of hydrogen-bond acceptors (Lipinski definition) is 10. The number of halogens is 1. The zero-order chi connectivity index (χ0) is 18.4. The second-order valence-corrected chi connectivity index (χ2v) is 5.09. The van der Waals surface area contributed by atoms with Gasteiger partial charge in [-0.25, -0.2) is 0 Å². The summed E-state index contributed by atoms with van der Waals surface area (Å²) in [6.45, 7) is 4.09. The third kappa shape index (κ3) is 7.36. The number of ether oxygens (including phenoxy) is 5. The Bertz CT molecular complexity index is 508. The summed E-state index contributed by atoms with van der Waals surface area (Å²) in [4.78, 5) is 44.9. The molecule has 0 aromatic heterocycles. The normalized spacial score (nSPS) is 28.1. The van der Waals surface area contributed by atoms with Crippen LogP contribution in [0.2, 0.25) is 0 Å². The van der Waals surface area contributed by atoms with Crippen molar-refractivity contribution in [3.8, 4) is 0 Å². The van der Waals surface area contributed by atoms with Crippen LogP contribution < -0.4 is 0 Å². The Hall–Kier alpha value is -1.72. The van der Waals surface area contributed by atoms with Crippen LogP contribution in [0.5, 0.6) is 0 Å². The maximum Gasteiger partial charge on any atom is 0.303 e. The first-order chi connectivity index (χ1) is 11.1. The van der Waals surface area contributed by atoms with Crippen LogP contribution in [0.15, 0.2) is 0 Å². The fourth-order valence-corrected chi connectivity index (χ4v) is 2.21. The van der Waals surface area contributed by atoms with Crippen LogP contribution in [0, 0.1) is 0 Å². The maximum atomic E-state index is 11.3. The number of carbonyl (C=O) groups is 4. The fraction of sp³-hybridized carbons (Fsp3) is 0.714. The summed E-state index contributed by atoms with van der Waals surface area (Å²) >= 11 is 0. The molecule has 0 aromatic carbocycles. The minimum absolute atomic E-state index is 0. The van der Waals surface area contributed by atoms with Gasteiger partial charge in [0, 0.05) is 27.7 Å². The van der Waals surface area contributed by atoms with Gasteiger partial charge in [0.1, 0.15) is 12.7 Å². The minimum Gasteiger partial charge on any atom is -0.463 e. The molecular weight excluding hydrogens is 408 g/mol. The lowest BCUT2D eigenvalue weighted by Gasteiger charge is -2.42. The molecule has 0 radical (unpaired) electrons. The predicted molar refractivity (Wildman–Crippen MR) is 84.5 cm³/mol. The molecule has 0 aromatic rings. The fourth-order valence-electron chi connectivity index (χ4n) is 2.21. The third-order valence-corrected chi connectivity index (χ3v) is 2.97. The standard InChI is InChI=1S/C14H20O10.BrH/c1-6(15)20-5-10-11(21-7(2)16)12(22-8(3)17)13(14(19)24-10)23-9(4)18;/h10-14,19H,5H2,1-4H3;1H/t10-,11-,12+,13-,14+;/m1./s1. The number of rotatable bonds is 5. The summed E-state index contributed by atoms with van der Waals surface area (Å²) in [5.41, 5.74) is 0. The molecule has 5 atom stereocenters. The first-order valence-electron chi connectivity index (χ1n) is 7.10. The molecule has 1 fully saturated rings. The first-order valence-corrected chi connectivity index (χ1v) is 7.10. The monoisotopic (exact) mass is 428 g/mol. The van der Waals surface area contributed by atoms with Crippen molar-refractivity contribution < 1.29 is 48.0 Å². The predicted octanol–water partition coefficient (Wildman–Crippen LogP) is -0.360. The van der Waals surface area contributed by atoms with Crippen molar-refractivity contribution in [2.45, 2.75) is 58.4 Å².